The topological polar surface area (TPSA) is 88.4 Å². The van der Waals surface area contributed by atoms with Gasteiger partial charge in [-0.2, -0.15) is 10.1 Å². The van der Waals surface area contributed by atoms with Gasteiger partial charge in [-0.05, 0) is 55.3 Å². The molecule has 2 aromatic carbocycles. The van der Waals surface area contributed by atoms with Crippen molar-refractivity contribution in [2.24, 2.45) is 5.10 Å². The van der Waals surface area contributed by atoms with Gasteiger partial charge in [0.15, 0.2) is 11.5 Å². The molecule has 3 rings (SSSR count). The molecule has 0 saturated carbocycles. The van der Waals surface area contributed by atoms with Gasteiger partial charge >= 0.3 is 5.97 Å². The molecule has 0 aromatic heterocycles. The molecule has 0 atom stereocenters. The second-order valence-corrected chi connectivity index (χ2v) is 7.00. The molecule has 1 aliphatic heterocycles. The summed E-state index contributed by atoms with van der Waals surface area (Å²) in [4.78, 5) is 24.3. The van der Waals surface area contributed by atoms with E-state index in [-0.39, 0.29) is 16.5 Å². The highest BCUT2D eigenvalue weighted by atomic mass is 35.5. The van der Waals surface area contributed by atoms with Gasteiger partial charge in [-0.15, -0.1) is 0 Å². The van der Waals surface area contributed by atoms with Gasteiger partial charge in [0.05, 0.1) is 41.3 Å². The molecule has 2 aromatic rings. The Morgan fingerprint density at radius 2 is 2.00 bits per heavy atom. The Labute approximate surface area is 179 Å². The van der Waals surface area contributed by atoms with E-state index in [1.165, 1.54) is 17.1 Å². The zero-order valence-corrected chi connectivity index (χ0v) is 17.6. The van der Waals surface area contributed by atoms with Crippen molar-refractivity contribution < 1.29 is 24.2 Å². The van der Waals surface area contributed by atoms with Gasteiger partial charge in [0.25, 0.3) is 5.91 Å². The number of hydrogen-bond acceptors (Lipinski definition) is 5. The third-order valence-electron chi connectivity index (χ3n) is 4.45. The summed E-state index contributed by atoms with van der Waals surface area (Å²) < 4.78 is 11.0. The van der Waals surface area contributed by atoms with Crippen LogP contribution in [0.15, 0.2) is 47.1 Å². The number of ether oxygens (including phenoxy) is 2. The number of anilines is 1. The molecule has 0 spiro atoms. The van der Waals surface area contributed by atoms with Crippen molar-refractivity contribution in [1.29, 1.82) is 0 Å². The first-order valence-electron chi connectivity index (χ1n) is 9.31. The molecular formula is C22H21ClN2O5. The molecule has 0 bridgehead atoms. The summed E-state index contributed by atoms with van der Waals surface area (Å²) in [5, 5.41) is 14.8. The largest absolute Gasteiger partial charge is 0.493 e. The van der Waals surface area contributed by atoms with Crippen LogP contribution in [0.5, 0.6) is 11.5 Å². The van der Waals surface area contributed by atoms with Crippen LogP contribution in [0, 0.1) is 0 Å². The normalized spacial score (nSPS) is 14.8. The van der Waals surface area contributed by atoms with Gasteiger partial charge in [0.1, 0.15) is 0 Å². The van der Waals surface area contributed by atoms with Crippen LogP contribution in [0.3, 0.4) is 0 Å². The number of amides is 1. The fourth-order valence-electron chi connectivity index (χ4n) is 2.94. The van der Waals surface area contributed by atoms with Crippen molar-refractivity contribution in [3.63, 3.8) is 0 Å². The zero-order chi connectivity index (χ0) is 21.8. The summed E-state index contributed by atoms with van der Waals surface area (Å²) in [7, 11) is 1.56. The molecular weight excluding hydrogens is 408 g/mol. The highest BCUT2D eigenvalue weighted by Crippen LogP contribution is 2.31. The maximum atomic E-state index is 13.0. The first-order valence-corrected chi connectivity index (χ1v) is 9.69. The summed E-state index contributed by atoms with van der Waals surface area (Å²) in [6.07, 6.45) is 2.59. The quantitative estimate of drug-likeness (QED) is 0.649. The molecule has 1 amide bonds. The van der Waals surface area contributed by atoms with Gasteiger partial charge in [0, 0.05) is 0 Å². The molecule has 30 heavy (non-hydrogen) atoms. The second kappa shape index (κ2) is 9.00. The Morgan fingerprint density at radius 1 is 1.23 bits per heavy atom. The number of halogens is 1. The Hall–Kier alpha value is -3.32. The number of carboxylic acid groups (broad SMARTS) is 1. The lowest BCUT2D eigenvalue weighted by Gasteiger charge is -2.13. The smallest absolute Gasteiger partial charge is 0.337 e. The van der Waals surface area contributed by atoms with Crippen LogP contribution in [0.2, 0.25) is 5.02 Å². The number of hydrazone groups is 1. The van der Waals surface area contributed by atoms with Crippen LogP contribution in [0.4, 0.5) is 5.69 Å². The average Bonchev–Trinajstić information content (AvgIpc) is 3.01. The molecule has 1 N–H and O–H groups in total. The van der Waals surface area contributed by atoms with E-state index in [0.29, 0.717) is 35.1 Å². The number of rotatable bonds is 7. The number of methoxy groups -OCH3 is 1. The predicted molar refractivity (Wildman–Crippen MR) is 116 cm³/mol. The van der Waals surface area contributed by atoms with E-state index in [9.17, 15) is 14.7 Å². The first kappa shape index (κ1) is 21.4. The SMILES string of the molecule is CCCOc1ccc(/C=C2\C(=O)N(c3ccc(Cl)c(C(=O)O)c3)N=C2C)cc1OC. The lowest BCUT2D eigenvalue weighted by molar-refractivity contribution is -0.114. The summed E-state index contributed by atoms with van der Waals surface area (Å²) in [6, 6.07) is 9.71. The summed E-state index contributed by atoms with van der Waals surface area (Å²) in [5.41, 5.74) is 1.88. The lowest BCUT2D eigenvalue weighted by atomic mass is 10.1. The third kappa shape index (κ3) is 4.31. The van der Waals surface area contributed by atoms with Crippen molar-refractivity contribution in [2.45, 2.75) is 20.3 Å². The van der Waals surface area contributed by atoms with E-state index < -0.39 is 5.97 Å². The fraction of sp³-hybridized carbons (Fsp3) is 0.227. The van der Waals surface area contributed by atoms with Crippen molar-refractivity contribution in [2.75, 3.05) is 18.7 Å². The number of nitrogens with zero attached hydrogens (tertiary/aromatic N) is 2. The second-order valence-electron chi connectivity index (χ2n) is 6.59. The molecule has 7 nitrogen and oxygen atoms in total. The van der Waals surface area contributed by atoms with Crippen molar-refractivity contribution in [3.05, 3.63) is 58.1 Å². The van der Waals surface area contributed by atoms with Crippen LogP contribution in [0.1, 0.15) is 36.2 Å². The highest BCUT2D eigenvalue weighted by Gasteiger charge is 2.29. The minimum absolute atomic E-state index is 0.0897. The maximum Gasteiger partial charge on any atom is 0.337 e. The van der Waals surface area contributed by atoms with Crippen molar-refractivity contribution in [1.82, 2.24) is 0 Å². The Balaban J connectivity index is 1.91. The molecule has 1 heterocycles. The number of carboxylic acids is 1. The standard InChI is InChI=1S/C22H21ClN2O5/c1-4-9-30-19-8-5-14(11-20(19)29-3)10-16-13(2)24-25(21(16)26)15-6-7-18(23)17(12-15)22(27)28/h5-8,10-12H,4,9H2,1-3H3,(H,27,28)/b16-10-. The van der Waals surface area contributed by atoms with Crippen molar-refractivity contribution >= 4 is 41.0 Å². The molecule has 0 saturated heterocycles. The molecule has 156 valence electrons. The molecule has 0 aliphatic carbocycles. The minimum atomic E-state index is -1.18. The van der Waals surface area contributed by atoms with Gasteiger partial charge < -0.3 is 14.6 Å². The Morgan fingerprint density at radius 3 is 2.67 bits per heavy atom. The van der Waals surface area contributed by atoms with Gasteiger partial charge in [-0.3, -0.25) is 4.79 Å². The molecule has 0 fully saturated rings. The predicted octanol–water partition coefficient (Wildman–Crippen LogP) is 4.64. The summed E-state index contributed by atoms with van der Waals surface area (Å²) in [5.74, 6) is -0.342. The highest BCUT2D eigenvalue weighted by molar-refractivity contribution is 6.34. The van der Waals surface area contributed by atoms with E-state index in [2.05, 4.69) is 5.10 Å². The minimum Gasteiger partial charge on any atom is -0.493 e. The van der Waals surface area contributed by atoms with Gasteiger partial charge in [0.2, 0.25) is 0 Å². The Kier molecular flexibility index (Phi) is 6.42. The van der Waals surface area contributed by atoms with E-state index in [0.717, 1.165) is 12.0 Å². The zero-order valence-electron chi connectivity index (χ0n) is 16.8. The number of aromatic carboxylic acids is 1. The van der Waals surface area contributed by atoms with Crippen LogP contribution in [-0.4, -0.2) is 36.4 Å². The number of carbonyl (C=O) groups is 2. The number of benzene rings is 2. The van der Waals surface area contributed by atoms with Crippen LogP contribution in [-0.2, 0) is 4.79 Å². The van der Waals surface area contributed by atoms with E-state index >= 15 is 0 Å². The monoisotopic (exact) mass is 428 g/mol. The summed E-state index contributed by atoms with van der Waals surface area (Å²) in [6.45, 7) is 4.31. The van der Waals surface area contributed by atoms with E-state index in [4.69, 9.17) is 21.1 Å². The van der Waals surface area contributed by atoms with Crippen LogP contribution >= 0.6 is 11.6 Å². The van der Waals surface area contributed by atoms with E-state index in [1.807, 2.05) is 13.0 Å². The van der Waals surface area contributed by atoms with Gasteiger partial charge in [-0.25, -0.2) is 4.79 Å². The maximum absolute atomic E-state index is 13.0. The fourth-order valence-corrected chi connectivity index (χ4v) is 3.14. The average molecular weight is 429 g/mol. The van der Waals surface area contributed by atoms with Crippen molar-refractivity contribution in [3.8, 4) is 11.5 Å². The van der Waals surface area contributed by atoms with Gasteiger partial charge in [-0.1, -0.05) is 24.6 Å². The summed E-state index contributed by atoms with van der Waals surface area (Å²) >= 11 is 5.92. The van der Waals surface area contributed by atoms with E-state index in [1.54, 1.807) is 38.3 Å². The third-order valence-corrected chi connectivity index (χ3v) is 4.78. The lowest BCUT2D eigenvalue weighted by Crippen LogP contribution is -2.21. The number of carbonyl (C=O) groups excluding carboxylic acids is 1. The molecule has 8 heteroatoms. The molecule has 0 unspecified atom stereocenters. The molecule has 1 aliphatic rings. The Bertz CT molecular complexity index is 1060. The van der Waals surface area contributed by atoms with Crippen LogP contribution < -0.4 is 14.5 Å². The number of hydrogen-bond donors (Lipinski definition) is 1. The first-order chi connectivity index (χ1) is 14.3. The van der Waals surface area contributed by atoms with Crippen LogP contribution in [0.25, 0.3) is 6.08 Å². The molecule has 0 radical (unpaired) electrons.